The predicted octanol–water partition coefficient (Wildman–Crippen LogP) is 3.06. The molecule has 0 unspecified atom stereocenters. The third-order valence-corrected chi connectivity index (χ3v) is 4.66. The van der Waals surface area contributed by atoms with E-state index in [2.05, 4.69) is 5.32 Å². The van der Waals surface area contributed by atoms with Crippen LogP contribution in [0.4, 0.5) is 20.2 Å². The highest BCUT2D eigenvalue weighted by Gasteiger charge is 2.36. The van der Waals surface area contributed by atoms with Crippen molar-refractivity contribution < 1.29 is 27.9 Å². The monoisotopic (exact) mass is 402 g/mol. The van der Waals surface area contributed by atoms with Crippen LogP contribution >= 0.6 is 0 Å². The van der Waals surface area contributed by atoms with Crippen molar-refractivity contribution in [1.82, 2.24) is 0 Å². The van der Waals surface area contributed by atoms with Crippen LogP contribution < -0.4 is 10.2 Å². The van der Waals surface area contributed by atoms with Gasteiger partial charge in [-0.3, -0.25) is 14.4 Å². The zero-order chi connectivity index (χ0) is 21.0. The first-order valence-electron chi connectivity index (χ1n) is 9.18. The first-order chi connectivity index (χ1) is 13.9. The van der Waals surface area contributed by atoms with Crippen LogP contribution in [0.15, 0.2) is 42.5 Å². The highest BCUT2D eigenvalue weighted by atomic mass is 19.2. The minimum absolute atomic E-state index is 0.000838. The van der Waals surface area contributed by atoms with E-state index in [1.165, 1.54) is 11.0 Å². The second-order valence-corrected chi connectivity index (χ2v) is 6.71. The lowest BCUT2D eigenvalue weighted by Gasteiger charge is -2.17. The van der Waals surface area contributed by atoms with Crippen molar-refractivity contribution in [3.63, 3.8) is 0 Å². The quantitative estimate of drug-likeness (QED) is 0.754. The fraction of sp³-hybridized carbons (Fsp3) is 0.286. The normalized spacial score (nSPS) is 16.0. The molecule has 29 heavy (non-hydrogen) atoms. The Bertz CT molecular complexity index is 931. The first kappa shape index (κ1) is 20.4. The maximum absolute atomic E-state index is 13.2. The number of halogens is 2. The molecule has 0 saturated carbocycles. The number of carbonyl (C=O) groups is 3. The summed E-state index contributed by atoms with van der Waals surface area (Å²) >= 11 is 0. The summed E-state index contributed by atoms with van der Waals surface area (Å²) in [5, 5.41) is 2.31. The van der Waals surface area contributed by atoms with Gasteiger partial charge in [-0.2, -0.15) is 0 Å². The van der Waals surface area contributed by atoms with Gasteiger partial charge in [0.05, 0.1) is 5.92 Å². The van der Waals surface area contributed by atoms with Gasteiger partial charge in [-0.1, -0.05) is 19.1 Å². The highest BCUT2D eigenvalue weighted by Crippen LogP contribution is 2.26. The zero-order valence-corrected chi connectivity index (χ0v) is 15.8. The minimum atomic E-state index is -1.10. The summed E-state index contributed by atoms with van der Waals surface area (Å²) in [6.07, 6.45) is 0.884. The lowest BCUT2D eigenvalue weighted by molar-refractivity contribution is -0.151. The van der Waals surface area contributed by atoms with Crippen LogP contribution in [-0.2, 0) is 25.5 Å². The van der Waals surface area contributed by atoms with E-state index in [0.29, 0.717) is 5.69 Å². The molecule has 1 fully saturated rings. The molecule has 1 atom stereocenters. The van der Waals surface area contributed by atoms with Gasteiger partial charge < -0.3 is 15.0 Å². The largest absolute Gasteiger partial charge is 0.455 e. The van der Waals surface area contributed by atoms with Gasteiger partial charge in [0.1, 0.15) is 0 Å². The fourth-order valence-electron chi connectivity index (χ4n) is 3.05. The summed E-state index contributed by atoms with van der Waals surface area (Å²) in [4.78, 5) is 37.9. The Labute approximate surface area is 166 Å². The molecule has 1 saturated heterocycles. The smallest absolute Gasteiger partial charge is 0.311 e. The van der Waals surface area contributed by atoms with Crippen LogP contribution in [-0.4, -0.2) is 30.9 Å². The Hall–Kier alpha value is -3.29. The SMILES string of the molecule is CCc1ccc(N2C[C@H](C(=O)OCC(=O)Nc3ccc(F)c(F)c3)CC2=O)cc1. The summed E-state index contributed by atoms with van der Waals surface area (Å²) in [6.45, 7) is 1.62. The Balaban J connectivity index is 1.52. The Morgan fingerprint density at radius 2 is 1.86 bits per heavy atom. The number of amides is 2. The molecule has 0 aliphatic carbocycles. The van der Waals surface area contributed by atoms with Gasteiger partial charge in [-0.25, -0.2) is 8.78 Å². The Kier molecular flexibility index (Phi) is 6.21. The second-order valence-electron chi connectivity index (χ2n) is 6.71. The lowest BCUT2D eigenvalue weighted by atomic mass is 10.1. The molecule has 1 N–H and O–H groups in total. The molecule has 3 rings (SSSR count). The zero-order valence-electron chi connectivity index (χ0n) is 15.8. The molecule has 0 spiro atoms. The third-order valence-electron chi connectivity index (χ3n) is 4.66. The maximum Gasteiger partial charge on any atom is 0.311 e. The molecule has 0 aromatic heterocycles. The predicted molar refractivity (Wildman–Crippen MR) is 102 cm³/mol. The van der Waals surface area contributed by atoms with E-state index in [9.17, 15) is 23.2 Å². The van der Waals surface area contributed by atoms with E-state index in [1.54, 1.807) is 0 Å². The number of carbonyl (C=O) groups excluding carboxylic acids is 3. The van der Waals surface area contributed by atoms with Crippen LogP contribution in [0.25, 0.3) is 0 Å². The first-order valence-corrected chi connectivity index (χ1v) is 9.18. The number of esters is 1. The number of hydrogen-bond donors (Lipinski definition) is 1. The van der Waals surface area contributed by atoms with Crippen molar-refractivity contribution in [2.24, 2.45) is 5.92 Å². The van der Waals surface area contributed by atoms with Gasteiger partial charge in [0.15, 0.2) is 18.2 Å². The molecule has 2 aromatic rings. The molecule has 1 aliphatic rings. The van der Waals surface area contributed by atoms with E-state index in [1.807, 2.05) is 31.2 Å². The molecule has 8 heteroatoms. The number of nitrogens with one attached hydrogen (secondary N) is 1. The molecule has 1 aliphatic heterocycles. The number of benzene rings is 2. The van der Waals surface area contributed by atoms with Gasteiger partial charge >= 0.3 is 5.97 Å². The summed E-state index contributed by atoms with van der Waals surface area (Å²) < 4.78 is 31.0. The number of aryl methyl sites for hydroxylation is 1. The molecule has 0 radical (unpaired) electrons. The number of rotatable bonds is 6. The summed E-state index contributed by atoms with van der Waals surface area (Å²) in [6, 6.07) is 10.4. The average molecular weight is 402 g/mol. The van der Waals surface area contributed by atoms with Crippen molar-refractivity contribution in [3.8, 4) is 0 Å². The number of hydrogen-bond acceptors (Lipinski definition) is 4. The van der Waals surface area contributed by atoms with Crippen LogP contribution in [0, 0.1) is 17.6 Å². The molecule has 2 aromatic carbocycles. The maximum atomic E-state index is 13.2. The van der Waals surface area contributed by atoms with Crippen LogP contribution in [0.1, 0.15) is 18.9 Å². The molecule has 6 nitrogen and oxygen atoms in total. The fourth-order valence-corrected chi connectivity index (χ4v) is 3.05. The number of nitrogens with zero attached hydrogens (tertiary/aromatic N) is 1. The molecule has 1 heterocycles. The average Bonchev–Trinajstić information content (AvgIpc) is 3.11. The van der Waals surface area contributed by atoms with E-state index < -0.39 is 36.0 Å². The number of anilines is 2. The van der Waals surface area contributed by atoms with Crippen molar-refractivity contribution in [2.45, 2.75) is 19.8 Å². The minimum Gasteiger partial charge on any atom is -0.455 e. The van der Waals surface area contributed by atoms with E-state index in [0.717, 1.165) is 24.1 Å². The lowest BCUT2D eigenvalue weighted by Crippen LogP contribution is -2.28. The highest BCUT2D eigenvalue weighted by molar-refractivity contribution is 6.00. The summed E-state index contributed by atoms with van der Waals surface area (Å²) in [7, 11) is 0. The van der Waals surface area contributed by atoms with Crippen molar-refractivity contribution in [1.29, 1.82) is 0 Å². The van der Waals surface area contributed by atoms with Gasteiger partial charge in [0.2, 0.25) is 5.91 Å². The van der Waals surface area contributed by atoms with Crippen LogP contribution in [0.5, 0.6) is 0 Å². The molecular formula is C21H20F2N2O4. The van der Waals surface area contributed by atoms with E-state index >= 15 is 0 Å². The topological polar surface area (TPSA) is 75.7 Å². The van der Waals surface area contributed by atoms with Crippen LogP contribution in [0.3, 0.4) is 0 Å². The van der Waals surface area contributed by atoms with Crippen LogP contribution in [0.2, 0.25) is 0 Å². The molecule has 2 amide bonds. The van der Waals surface area contributed by atoms with Crippen molar-refractivity contribution in [3.05, 3.63) is 59.7 Å². The summed E-state index contributed by atoms with van der Waals surface area (Å²) in [5.41, 5.74) is 1.89. The Morgan fingerprint density at radius 1 is 1.14 bits per heavy atom. The standard InChI is InChI=1S/C21H20F2N2O4/c1-2-13-3-6-16(7-4-13)25-11-14(9-20(25)27)21(28)29-12-19(26)24-15-5-8-17(22)18(23)10-15/h3-8,10,14H,2,9,11-12H2,1H3,(H,24,26)/t14-/m1/s1. The van der Waals surface area contributed by atoms with E-state index in [4.69, 9.17) is 4.74 Å². The van der Waals surface area contributed by atoms with Gasteiger partial charge in [-0.15, -0.1) is 0 Å². The van der Waals surface area contributed by atoms with E-state index in [-0.39, 0.29) is 24.6 Å². The van der Waals surface area contributed by atoms with Crippen molar-refractivity contribution >= 4 is 29.2 Å². The summed E-state index contributed by atoms with van der Waals surface area (Å²) in [5.74, 6) is -4.36. The second kappa shape index (κ2) is 8.81. The molecule has 152 valence electrons. The van der Waals surface area contributed by atoms with Crippen molar-refractivity contribution in [2.75, 3.05) is 23.4 Å². The molecular weight excluding hydrogens is 382 g/mol. The third kappa shape index (κ3) is 4.96. The van der Waals surface area contributed by atoms with Gasteiger partial charge in [-0.05, 0) is 36.2 Å². The molecule has 0 bridgehead atoms. The van der Waals surface area contributed by atoms with Gasteiger partial charge in [0, 0.05) is 30.4 Å². The number of ether oxygens (including phenoxy) is 1. The van der Waals surface area contributed by atoms with Gasteiger partial charge in [0.25, 0.3) is 5.91 Å². The Morgan fingerprint density at radius 3 is 2.52 bits per heavy atom.